The van der Waals surface area contributed by atoms with Crippen LogP contribution in [0, 0.1) is 5.92 Å². The van der Waals surface area contributed by atoms with Crippen LogP contribution in [0.15, 0.2) is 0 Å². The lowest BCUT2D eigenvalue weighted by molar-refractivity contribution is 0.0264. The minimum atomic E-state index is 0.327. The van der Waals surface area contributed by atoms with Gasteiger partial charge in [-0.1, -0.05) is 39.0 Å². The fourth-order valence-electron chi connectivity index (χ4n) is 4.02. The maximum absolute atomic E-state index is 6.20. The van der Waals surface area contributed by atoms with Gasteiger partial charge in [0.05, 0.1) is 0 Å². The largest absolute Gasteiger partial charge is 0.329 e. The van der Waals surface area contributed by atoms with E-state index in [0.29, 0.717) is 5.54 Å². The summed E-state index contributed by atoms with van der Waals surface area (Å²) in [4.78, 5) is 2.67. The second kappa shape index (κ2) is 6.38. The Hall–Kier alpha value is -0.0800. The Morgan fingerprint density at radius 3 is 2.44 bits per heavy atom. The SMILES string of the molecule is CCCC1CCCC(CN)(N(C)C2CCC2)CC1. The van der Waals surface area contributed by atoms with E-state index in [0.717, 1.165) is 18.5 Å². The summed E-state index contributed by atoms with van der Waals surface area (Å²) >= 11 is 0. The highest BCUT2D eigenvalue weighted by molar-refractivity contribution is 4.97. The van der Waals surface area contributed by atoms with Crippen molar-refractivity contribution in [3.05, 3.63) is 0 Å². The Balaban J connectivity index is 1.98. The molecule has 2 unspecified atom stereocenters. The molecule has 0 bridgehead atoms. The lowest BCUT2D eigenvalue weighted by atomic mass is 9.82. The van der Waals surface area contributed by atoms with Gasteiger partial charge >= 0.3 is 0 Å². The van der Waals surface area contributed by atoms with Crippen LogP contribution in [-0.4, -0.2) is 30.1 Å². The molecule has 0 aliphatic heterocycles. The van der Waals surface area contributed by atoms with Crippen molar-refractivity contribution in [2.24, 2.45) is 11.7 Å². The first-order valence-corrected chi connectivity index (χ1v) is 8.15. The average molecular weight is 252 g/mol. The van der Waals surface area contributed by atoms with Gasteiger partial charge in [-0.2, -0.15) is 0 Å². The Bertz CT molecular complexity index is 249. The van der Waals surface area contributed by atoms with Crippen molar-refractivity contribution < 1.29 is 0 Å². The standard InChI is InChI=1S/C16H32N2/c1-3-6-14-7-5-11-16(13-17,12-10-14)18(2)15-8-4-9-15/h14-15H,3-13,17H2,1-2H3. The number of hydrogen-bond donors (Lipinski definition) is 1. The Morgan fingerprint density at radius 1 is 1.11 bits per heavy atom. The van der Waals surface area contributed by atoms with E-state index in [1.165, 1.54) is 64.2 Å². The molecule has 2 heteroatoms. The highest BCUT2D eigenvalue weighted by Crippen LogP contribution is 2.39. The van der Waals surface area contributed by atoms with Gasteiger partial charge in [0.2, 0.25) is 0 Å². The van der Waals surface area contributed by atoms with Gasteiger partial charge in [-0.25, -0.2) is 0 Å². The molecule has 0 amide bonds. The van der Waals surface area contributed by atoms with E-state index in [4.69, 9.17) is 5.73 Å². The first-order valence-electron chi connectivity index (χ1n) is 8.15. The van der Waals surface area contributed by atoms with E-state index >= 15 is 0 Å². The van der Waals surface area contributed by atoms with Crippen LogP contribution in [0.3, 0.4) is 0 Å². The van der Waals surface area contributed by atoms with Gasteiger partial charge in [0.15, 0.2) is 0 Å². The molecule has 2 atom stereocenters. The van der Waals surface area contributed by atoms with E-state index in [-0.39, 0.29) is 0 Å². The summed E-state index contributed by atoms with van der Waals surface area (Å²) < 4.78 is 0. The van der Waals surface area contributed by atoms with E-state index < -0.39 is 0 Å². The second-order valence-electron chi connectivity index (χ2n) is 6.71. The van der Waals surface area contributed by atoms with Gasteiger partial charge in [-0.3, -0.25) is 4.90 Å². The monoisotopic (exact) mass is 252 g/mol. The molecular weight excluding hydrogens is 220 g/mol. The zero-order valence-corrected chi connectivity index (χ0v) is 12.5. The van der Waals surface area contributed by atoms with E-state index in [2.05, 4.69) is 18.9 Å². The first-order chi connectivity index (χ1) is 8.72. The lowest BCUT2D eigenvalue weighted by Crippen LogP contribution is -2.57. The minimum absolute atomic E-state index is 0.327. The van der Waals surface area contributed by atoms with Gasteiger partial charge in [-0.05, 0) is 45.1 Å². The van der Waals surface area contributed by atoms with Crippen LogP contribution in [0.2, 0.25) is 0 Å². The summed E-state index contributed by atoms with van der Waals surface area (Å²) in [6, 6.07) is 0.830. The predicted molar refractivity (Wildman–Crippen MR) is 78.7 cm³/mol. The van der Waals surface area contributed by atoms with Gasteiger partial charge in [0, 0.05) is 18.1 Å². The molecule has 2 fully saturated rings. The molecule has 0 saturated heterocycles. The smallest absolute Gasteiger partial charge is 0.0331 e. The van der Waals surface area contributed by atoms with Gasteiger partial charge in [-0.15, -0.1) is 0 Å². The molecule has 0 radical (unpaired) electrons. The van der Waals surface area contributed by atoms with Gasteiger partial charge < -0.3 is 5.73 Å². The number of hydrogen-bond acceptors (Lipinski definition) is 2. The molecule has 2 aliphatic carbocycles. The van der Waals surface area contributed by atoms with Crippen molar-refractivity contribution in [1.82, 2.24) is 4.90 Å². The van der Waals surface area contributed by atoms with Crippen LogP contribution < -0.4 is 5.73 Å². The quantitative estimate of drug-likeness (QED) is 0.758. The van der Waals surface area contributed by atoms with Crippen molar-refractivity contribution in [1.29, 1.82) is 0 Å². The van der Waals surface area contributed by atoms with Gasteiger partial charge in [0.25, 0.3) is 0 Å². The maximum atomic E-state index is 6.20. The van der Waals surface area contributed by atoms with Crippen LogP contribution in [0.25, 0.3) is 0 Å². The molecule has 0 aromatic heterocycles. The predicted octanol–water partition coefficient (Wildman–Crippen LogP) is 3.55. The van der Waals surface area contributed by atoms with E-state index in [1.54, 1.807) is 0 Å². The van der Waals surface area contributed by atoms with Crippen molar-refractivity contribution in [2.45, 2.75) is 82.7 Å². The third kappa shape index (κ3) is 2.91. The Labute approximate surface area is 113 Å². The zero-order valence-electron chi connectivity index (χ0n) is 12.5. The second-order valence-corrected chi connectivity index (χ2v) is 6.71. The molecule has 2 N–H and O–H groups in total. The highest BCUT2D eigenvalue weighted by atomic mass is 15.2. The number of likely N-dealkylation sites (N-methyl/N-ethyl adjacent to an activating group) is 1. The van der Waals surface area contributed by atoms with Crippen LogP contribution in [0.4, 0.5) is 0 Å². The third-order valence-corrected chi connectivity index (χ3v) is 5.72. The van der Waals surface area contributed by atoms with E-state index in [1.807, 2.05) is 0 Å². The first kappa shape index (κ1) is 14.3. The summed E-state index contributed by atoms with van der Waals surface area (Å²) in [7, 11) is 2.34. The fraction of sp³-hybridized carbons (Fsp3) is 1.00. The van der Waals surface area contributed by atoms with Crippen LogP contribution in [-0.2, 0) is 0 Å². The Morgan fingerprint density at radius 2 is 1.89 bits per heavy atom. The topological polar surface area (TPSA) is 29.3 Å². The van der Waals surface area contributed by atoms with Crippen LogP contribution in [0.5, 0.6) is 0 Å². The van der Waals surface area contributed by atoms with Crippen molar-refractivity contribution in [3.8, 4) is 0 Å². The Kier molecular flexibility index (Phi) is 5.08. The summed E-state index contributed by atoms with van der Waals surface area (Å²) in [6.45, 7) is 3.18. The molecule has 0 heterocycles. The normalized spacial score (nSPS) is 34.3. The maximum Gasteiger partial charge on any atom is 0.0331 e. The molecule has 106 valence electrons. The molecule has 18 heavy (non-hydrogen) atoms. The van der Waals surface area contributed by atoms with Crippen molar-refractivity contribution in [2.75, 3.05) is 13.6 Å². The highest BCUT2D eigenvalue weighted by Gasteiger charge is 2.39. The molecular formula is C16H32N2. The van der Waals surface area contributed by atoms with E-state index in [9.17, 15) is 0 Å². The average Bonchev–Trinajstić information content (AvgIpc) is 2.51. The molecule has 2 saturated carbocycles. The lowest BCUT2D eigenvalue weighted by Gasteiger charge is -2.48. The van der Waals surface area contributed by atoms with Gasteiger partial charge in [0.1, 0.15) is 0 Å². The third-order valence-electron chi connectivity index (χ3n) is 5.72. The van der Waals surface area contributed by atoms with Crippen molar-refractivity contribution >= 4 is 0 Å². The fourth-order valence-corrected chi connectivity index (χ4v) is 4.02. The molecule has 2 rings (SSSR count). The van der Waals surface area contributed by atoms with Crippen LogP contribution >= 0.6 is 0 Å². The summed E-state index contributed by atoms with van der Waals surface area (Å²) in [5.41, 5.74) is 6.53. The van der Waals surface area contributed by atoms with Crippen molar-refractivity contribution in [3.63, 3.8) is 0 Å². The minimum Gasteiger partial charge on any atom is -0.329 e. The molecule has 2 aliphatic rings. The molecule has 0 aromatic rings. The summed E-state index contributed by atoms with van der Waals surface area (Å²) in [5.74, 6) is 0.971. The number of rotatable bonds is 5. The zero-order chi connectivity index (χ0) is 13.0. The summed E-state index contributed by atoms with van der Waals surface area (Å²) in [5, 5.41) is 0. The number of nitrogens with two attached hydrogens (primary N) is 1. The number of nitrogens with zero attached hydrogens (tertiary/aromatic N) is 1. The van der Waals surface area contributed by atoms with Crippen LogP contribution in [0.1, 0.15) is 71.1 Å². The molecule has 0 aromatic carbocycles. The molecule has 0 spiro atoms. The summed E-state index contributed by atoms with van der Waals surface area (Å²) in [6.07, 6.45) is 13.9. The molecule has 2 nitrogen and oxygen atoms in total.